The quantitative estimate of drug-likeness (QED) is 0.258. The van der Waals surface area contributed by atoms with Gasteiger partial charge in [-0.2, -0.15) is 5.48 Å². The van der Waals surface area contributed by atoms with E-state index in [-0.39, 0.29) is 5.91 Å². The minimum absolute atomic E-state index is 0.0958. The largest absolute Gasteiger partial charge is 0.414 e. The highest BCUT2D eigenvalue weighted by Crippen LogP contribution is 2.04. The molecule has 116 valence electrons. The summed E-state index contributed by atoms with van der Waals surface area (Å²) in [4.78, 5) is 24.3. The van der Waals surface area contributed by atoms with Gasteiger partial charge in [0.2, 0.25) is 5.91 Å². The van der Waals surface area contributed by atoms with Gasteiger partial charge in [0.1, 0.15) is 17.9 Å². The molecular weight excluding hydrogens is 270 g/mol. The SMILES string of the molecule is CNO/C(C)=C/C=C/C(=NC=N)N1CCN(C(C)=O)CC1. The number of piperazine rings is 1. The number of hydroxylamine groups is 1. The Balaban J connectivity index is 2.65. The maximum atomic E-state index is 11.3. The summed E-state index contributed by atoms with van der Waals surface area (Å²) in [6, 6.07) is 0. The standard InChI is InChI=1S/C14H23N5O2/c1-12(21-16-3)5-4-6-14(17-11-15)19-9-7-18(8-10-19)13(2)20/h4-6,11,15-16H,7-10H2,1-3H3/b6-4+,12-5+,15-11?,17-14?. The minimum Gasteiger partial charge on any atom is -0.414 e. The van der Waals surface area contributed by atoms with E-state index in [1.54, 1.807) is 14.0 Å². The maximum Gasteiger partial charge on any atom is 0.219 e. The number of amides is 1. The molecule has 0 aromatic heterocycles. The average molecular weight is 293 g/mol. The molecule has 0 unspecified atom stereocenters. The fraction of sp³-hybridized carbons (Fsp3) is 0.500. The Kier molecular flexibility index (Phi) is 7.17. The van der Waals surface area contributed by atoms with Crippen LogP contribution in [0.5, 0.6) is 0 Å². The molecule has 0 spiro atoms. The number of carbonyl (C=O) groups excluding carboxylic acids is 1. The molecule has 21 heavy (non-hydrogen) atoms. The van der Waals surface area contributed by atoms with Gasteiger partial charge in [0.25, 0.3) is 0 Å². The van der Waals surface area contributed by atoms with Crippen molar-refractivity contribution in [1.29, 1.82) is 5.41 Å². The Morgan fingerprint density at radius 1 is 1.24 bits per heavy atom. The van der Waals surface area contributed by atoms with Crippen LogP contribution in [0.1, 0.15) is 13.8 Å². The third-order valence-corrected chi connectivity index (χ3v) is 3.09. The predicted octanol–water partition coefficient (Wildman–Crippen LogP) is 0.767. The van der Waals surface area contributed by atoms with E-state index in [0.717, 1.165) is 12.1 Å². The Morgan fingerprint density at radius 2 is 1.86 bits per heavy atom. The summed E-state index contributed by atoms with van der Waals surface area (Å²) in [6.45, 7) is 6.20. The summed E-state index contributed by atoms with van der Waals surface area (Å²) in [5.41, 5.74) is 2.59. The molecule has 1 aliphatic rings. The summed E-state index contributed by atoms with van der Waals surface area (Å²) in [5.74, 6) is 1.53. The second-order valence-electron chi connectivity index (χ2n) is 4.55. The summed E-state index contributed by atoms with van der Waals surface area (Å²) in [5, 5.41) is 7.16. The molecule has 7 nitrogen and oxygen atoms in total. The zero-order valence-corrected chi connectivity index (χ0v) is 12.8. The number of carbonyl (C=O) groups is 1. The number of aliphatic imine (C=N–C) groups is 1. The molecule has 0 atom stereocenters. The van der Waals surface area contributed by atoms with Gasteiger partial charge < -0.3 is 14.6 Å². The van der Waals surface area contributed by atoms with Gasteiger partial charge in [-0.3, -0.25) is 10.2 Å². The Morgan fingerprint density at radius 3 is 2.38 bits per heavy atom. The first-order valence-electron chi connectivity index (χ1n) is 6.84. The van der Waals surface area contributed by atoms with Crippen LogP contribution < -0.4 is 5.48 Å². The molecule has 0 bridgehead atoms. The van der Waals surface area contributed by atoms with Crippen molar-refractivity contribution >= 4 is 18.1 Å². The molecule has 1 aliphatic heterocycles. The van der Waals surface area contributed by atoms with Crippen LogP contribution in [0.2, 0.25) is 0 Å². The van der Waals surface area contributed by atoms with Crippen molar-refractivity contribution in [1.82, 2.24) is 15.3 Å². The number of nitrogens with zero attached hydrogens (tertiary/aromatic N) is 3. The molecule has 1 rings (SSSR count). The lowest BCUT2D eigenvalue weighted by Gasteiger charge is -2.35. The highest BCUT2D eigenvalue weighted by atomic mass is 16.6. The molecule has 0 aliphatic carbocycles. The summed E-state index contributed by atoms with van der Waals surface area (Å²) in [6.07, 6.45) is 6.49. The van der Waals surface area contributed by atoms with Gasteiger partial charge in [0.05, 0.1) is 0 Å². The molecule has 1 amide bonds. The first-order valence-corrected chi connectivity index (χ1v) is 6.84. The van der Waals surface area contributed by atoms with Gasteiger partial charge >= 0.3 is 0 Å². The second kappa shape index (κ2) is 8.91. The Labute approximate surface area is 125 Å². The molecular formula is C14H23N5O2. The molecule has 1 saturated heterocycles. The third-order valence-electron chi connectivity index (χ3n) is 3.09. The molecule has 7 heteroatoms. The van der Waals surface area contributed by atoms with Crippen molar-refractivity contribution in [3.8, 4) is 0 Å². The number of allylic oxidation sites excluding steroid dienone is 3. The van der Waals surface area contributed by atoms with Crippen molar-refractivity contribution in [2.45, 2.75) is 13.8 Å². The van der Waals surface area contributed by atoms with Crippen LogP contribution >= 0.6 is 0 Å². The van der Waals surface area contributed by atoms with Crippen LogP contribution in [0.15, 0.2) is 29.0 Å². The lowest BCUT2D eigenvalue weighted by molar-refractivity contribution is -0.130. The first-order chi connectivity index (χ1) is 10.1. The van der Waals surface area contributed by atoms with Gasteiger partial charge in [0.15, 0.2) is 0 Å². The smallest absolute Gasteiger partial charge is 0.219 e. The summed E-state index contributed by atoms with van der Waals surface area (Å²) in [7, 11) is 1.69. The molecule has 0 aromatic rings. The lowest BCUT2D eigenvalue weighted by atomic mass is 10.3. The third kappa shape index (κ3) is 5.78. The van der Waals surface area contributed by atoms with Crippen molar-refractivity contribution in [3.63, 3.8) is 0 Å². The van der Waals surface area contributed by atoms with Crippen molar-refractivity contribution < 1.29 is 9.63 Å². The zero-order valence-electron chi connectivity index (χ0n) is 12.8. The molecule has 0 saturated carbocycles. The Hall–Kier alpha value is -2.15. The van der Waals surface area contributed by atoms with Gasteiger partial charge in [-0.25, -0.2) is 4.99 Å². The first kappa shape index (κ1) is 16.9. The van der Waals surface area contributed by atoms with Crippen LogP contribution in [-0.4, -0.2) is 61.1 Å². The normalized spacial score (nSPS) is 17.3. The van der Waals surface area contributed by atoms with Gasteiger partial charge in [-0.1, -0.05) is 6.08 Å². The van der Waals surface area contributed by atoms with E-state index in [1.165, 1.54) is 0 Å². The topological polar surface area (TPSA) is 81.0 Å². The lowest BCUT2D eigenvalue weighted by Crippen LogP contribution is -2.49. The van der Waals surface area contributed by atoms with Gasteiger partial charge in [0, 0.05) is 40.2 Å². The number of nitrogens with one attached hydrogen (secondary N) is 2. The van der Waals surface area contributed by atoms with Gasteiger partial charge in [-0.15, -0.1) is 0 Å². The molecule has 0 radical (unpaired) electrons. The number of amidine groups is 1. The van der Waals surface area contributed by atoms with Crippen molar-refractivity contribution in [2.24, 2.45) is 4.99 Å². The zero-order chi connectivity index (χ0) is 15.7. The fourth-order valence-corrected chi connectivity index (χ4v) is 2.01. The maximum absolute atomic E-state index is 11.3. The second-order valence-corrected chi connectivity index (χ2v) is 4.55. The Bertz CT molecular complexity index is 448. The van der Waals surface area contributed by atoms with Gasteiger partial charge in [-0.05, 0) is 19.1 Å². The highest BCUT2D eigenvalue weighted by molar-refractivity contribution is 5.97. The van der Waals surface area contributed by atoms with E-state index < -0.39 is 0 Å². The van der Waals surface area contributed by atoms with E-state index in [0.29, 0.717) is 32.0 Å². The van der Waals surface area contributed by atoms with E-state index in [9.17, 15) is 4.79 Å². The summed E-state index contributed by atoms with van der Waals surface area (Å²) < 4.78 is 0. The minimum atomic E-state index is 0.0958. The predicted molar refractivity (Wildman–Crippen MR) is 83.1 cm³/mol. The van der Waals surface area contributed by atoms with Crippen LogP contribution in [0.25, 0.3) is 0 Å². The van der Waals surface area contributed by atoms with E-state index in [4.69, 9.17) is 10.2 Å². The van der Waals surface area contributed by atoms with Crippen molar-refractivity contribution in [2.75, 3.05) is 33.2 Å². The monoisotopic (exact) mass is 293 g/mol. The molecule has 1 fully saturated rings. The fourth-order valence-electron chi connectivity index (χ4n) is 2.01. The number of hydrogen-bond donors (Lipinski definition) is 2. The summed E-state index contributed by atoms with van der Waals surface area (Å²) >= 11 is 0. The highest BCUT2D eigenvalue weighted by Gasteiger charge is 2.19. The van der Waals surface area contributed by atoms with E-state index in [2.05, 4.69) is 15.4 Å². The van der Waals surface area contributed by atoms with E-state index in [1.807, 2.05) is 30.1 Å². The van der Waals surface area contributed by atoms with E-state index >= 15 is 0 Å². The average Bonchev–Trinajstić information content (AvgIpc) is 2.47. The number of rotatable bonds is 5. The van der Waals surface area contributed by atoms with Crippen molar-refractivity contribution in [3.05, 3.63) is 24.0 Å². The number of hydrogen-bond acceptors (Lipinski definition) is 4. The van der Waals surface area contributed by atoms with Crippen LogP contribution in [0, 0.1) is 5.41 Å². The molecule has 1 heterocycles. The van der Waals surface area contributed by atoms with Crippen LogP contribution in [0.3, 0.4) is 0 Å². The van der Waals surface area contributed by atoms with Crippen LogP contribution in [0.4, 0.5) is 0 Å². The molecule has 2 N–H and O–H groups in total. The molecule has 0 aromatic carbocycles. The van der Waals surface area contributed by atoms with Crippen LogP contribution in [-0.2, 0) is 9.63 Å².